The van der Waals surface area contributed by atoms with Gasteiger partial charge in [-0.25, -0.2) is 0 Å². The SMILES string of the molecule is COc1ccccc1N1CCN(C(=O)c2cncc(C(=O)N3CCCC3)c2)CC1. The van der Waals surface area contributed by atoms with Crippen LogP contribution in [0.25, 0.3) is 0 Å². The van der Waals surface area contributed by atoms with Crippen molar-refractivity contribution in [3.05, 3.63) is 53.9 Å². The lowest BCUT2D eigenvalue weighted by Gasteiger charge is -2.36. The molecule has 2 aliphatic heterocycles. The summed E-state index contributed by atoms with van der Waals surface area (Å²) in [6.45, 7) is 4.24. The van der Waals surface area contributed by atoms with E-state index >= 15 is 0 Å². The molecule has 0 bridgehead atoms. The fourth-order valence-corrected chi connectivity index (χ4v) is 4.00. The van der Waals surface area contributed by atoms with Crippen LogP contribution in [0.15, 0.2) is 42.7 Å². The number of ether oxygens (including phenoxy) is 1. The minimum absolute atomic E-state index is 0.0364. The number of carbonyl (C=O) groups is 2. The molecule has 2 aliphatic rings. The zero-order valence-electron chi connectivity index (χ0n) is 16.7. The monoisotopic (exact) mass is 394 g/mol. The number of likely N-dealkylation sites (tertiary alicyclic amines) is 1. The lowest BCUT2D eigenvalue weighted by atomic mass is 10.1. The summed E-state index contributed by atoms with van der Waals surface area (Å²) in [5.74, 6) is 0.725. The molecule has 2 saturated heterocycles. The number of para-hydroxylation sites is 2. The molecule has 3 heterocycles. The molecule has 1 aromatic carbocycles. The van der Waals surface area contributed by atoms with E-state index in [1.54, 1.807) is 25.6 Å². The first-order chi connectivity index (χ1) is 14.2. The molecule has 1 aromatic heterocycles. The predicted octanol–water partition coefficient (Wildman–Crippen LogP) is 2.29. The number of hydrogen-bond donors (Lipinski definition) is 0. The maximum absolute atomic E-state index is 13.0. The lowest BCUT2D eigenvalue weighted by Crippen LogP contribution is -2.49. The normalized spacial score (nSPS) is 16.8. The van der Waals surface area contributed by atoms with Crippen LogP contribution in [0.4, 0.5) is 5.69 Å². The van der Waals surface area contributed by atoms with Gasteiger partial charge in [-0.1, -0.05) is 12.1 Å². The molecule has 7 heteroatoms. The largest absolute Gasteiger partial charge is 0.495 e. The van der Waals surface area contributed by atoms with Crippen molar-refractivity contribution in [1.29, 1.82) is 0 Å². The highest BCUT2D eigenvalue weighted by Crippen LogP contribution is 2.28. The fraction of sp³-hybridized carbons (Fsp3) is 0.409. The number of benzene rings is 1. The van der Waals surface area contributed by atoms with E-state index in [2.05, 4.69) is 9.88 Å². The second kappa shape index (κ2) is 8.51. The molecule has 0 unspecified atom stereocenters. The number of anilines is 1. The Morgan fingerprint density at radius 1 is 0.862 bits per heavy atom. The quantitative estimate of drug-likeness (QED) is 0.796. The van der Waals surface area contributed by atoms with Crippen LogP contribution in [0.2, 0.25) is 0 Å². The molecule has 29 heavy (non-hydrogen) atoms. The summed E-state index contributed by atoms with van der Waals surface area (Å²) in [6, 6.07) is 9.60. The van der Waals surface area contributed by atoms with E-state index in [0.29, 0.717) is 24.2 Å². The van der Waals surface area contributed by atoms with Crippen molar-refractivity contribution in [3.63, 3.8) is 0 Å². The van der Waals surface area contributed by atoms with E-state index in [9.17, 15) is 9.59 Å². The van der Waals surface area contributed by atoms with Gasteiger partial charge in [-0.05, 0) is 31.0 Å². The minimum atomic E-state index is -0.0757. The van der Waals surface area contributed by atoms with Crippen LogP contribution < -0.4 is 9.64 Å². The number of rotatable bonds is 4. The number of aromatic nitrogens is 1. The van der Waals surface area contributed by atoms with Crippen molar-refractivity contribution in [3.8, 4) is 5.75 Å². The van der Waals surface area contributed by atoms with Crippen molar-refractivity contribution in [2.75, 3.05) is 51.3 Å². The summed E-state index contributed by atoms with van der Waals surface area (Å²) in [6.07, 6.45) is 5.18. The molecule has 0 radical (unpaired) electrons. The van der Waals surface area contributed by atoms with Gasteiger partial charge in [0.15, 0.2) is 0 Å². The van der Waals surface area contributed by atoms with Gasteiger partial charge in [0, 0.05) is 51.7 Å². The number of hydrogen-bond acceptors (Lipinski definition) is 5. The van der Waals surface area contributed by atoms with E-state index in [1.165, 1.54) is 0 Å². The third-order valence-corrected chi connectivity index (χ3v) is 5.62. The van der Waals surface area contributed by atoms with Crippen LogP contribution in [0.5, 0.6) is 5.75 Å². The van der Waals surface area contributed by atoms with E-state index in [1.807, 2.05) is 34.1 Å². The smallest absolute Gasteiger partial charge is 0.255 e. The molecule has 0 atom stereocenters. The number of amides is 2. The van der Waals surface area contributed by atoms with Crippen molar-refractivity contribution in [2.24, 2.45) is 0 Å². The Morgan fingerprint density at radius 2 is 1.45 bits per heavy atom. The summed E-state index contributed by atoms with van der Waals surface area (Å²) in [7, 11) is 1.67. The molecule has 7 nitrogen and oxygen atoms in total. The topological polar surface area (TPSA) is 66.0 Å². The van der Waals surface area contributed by atoms with Gasteiger partial charge >= 0.3 is 0 Å². The Balaban J connectivity index is 1.42. The highest BCUT2D eigenvalue weighted by Gasteiger charge is 2.25. The first-order valence-electron chi connectivity index (χ1n) is 10.1. The van der Waals surface area contributed by atoms with Crippen LogP contribution in [0.1, 0.15) is 33.6 Å². The van der Waals surface area contributed by atoms with E-state index in [-0.39, 0.29) is 11.8 Å². The number of piperazine rings is 1. The van der Waals surface area contributed by atoms with Gasteiger partial charge in [0.1, 0.15) is 5.75 Å². The summed E-state index contributed by atoms with van der Waals surface area (Å²) in [5.41, 5.74) is 2.01. The second-order valence-corrected chi connectivity index (χ2v) is 7.41. The average Bonchev–Trinajstić information content (AvgIpc) is 3.33. The van der Waals surface area contributed by atoms with Gasteiger partial charge < -0.3 is 19.4 Å². The third-order valence-electron chi connectivity index (χ3n) is 5.62. The van der Waals surface area contributed by atoms with Gasteiger partial charge in [0.25, 0.3) is 11.8 Å². The molecule has 152 valence electrons. The molecule has 0 saturated carbocycles. The zero-order valence-corrected chi connectivity index (χ0v) is 16.7. The van der Waals surface area contributed by atoms with Gasteiger partial charge in [0.05, 0.1) is 23.9 Å². The maximum Gasteiger partial charge on any atom is 0.255 e. The van der Waals surface area contributed by atoms with Crippen LogP contribution in [0, 0.1) is 0 Å². The summed E-state index contributed by atoms with van der Waals surface area (Å²) >= 11 is 0. The van der Waals surface area contributed by atoms with Gasteiger partial charge in [-0.15, -0.1) is 0 Å². The predicted molar refractivity (Wildman–Crippen MR) is 110 cm³/mol. The maximum atomic E-state index is 13.0. The molecule has 0 spiro atoms. The molecule has 2 aromatic rings. The molecule has 0 N–H and O–H groups in total. The number of pyridine rings is 1. The summed E-state index contributed by atoms with van der Waals surface area (Å²) < 4.78 is 5.45. The Bertz CT molecular complexity index is 887. The molecular formula is C22H26N4O3. The van der Waals surface area contributed by atoms with Crippen LogP contribution in [-0.4, -0.2) is 73.0 Å². The highest BCUT2D eigenvalue weighted by atomic mass is 16.5. The van der Waals surface area contributed by atoms with Crippen molar-refractivity contribution < 1.29 is 14.3 Å². The van der Waals surface area contributed by atoms with Gasteiger partial charge in [0.2, 0.25) is 0 Å². The molecule has 2 amide bonds. The Hall–Kier alpha value is -3.09. The average molecular weight is 394 g/mol. The minimum Gasteiger partial charge on any atom is -0.495 e. The first kappa shape index (κ1) is 19.2. The van der Waals surface area contributed by atoms with Gasteiger partial charge in [-0.2, -0.15) is 0 Å². The zero-order chi connectivity index (χ0) is 20.2. The second-order valence-electron chi connectivity index (χ2n) is 7.41. The Morgan fingerprint density at radius 3 is 2.07 bits per heavy atom. The Labute approximate surface area is 170 Å². The molecule has 0 aliphatic carbocycles. The van der Waals surface area contributed by atoms with E-state index in [0.717, 1.165) is 50.5 Å². The highest BCUT2D eigenvalue weighted by molar-refractivity contribution is 5.99. The summed E-state index contributed by atoms with van der Waals surface area (Å²) in [5, 5.41) is 0. The standard InChI is InChI=1S/C22H26N4O3/c1-29-20-7-3-2-6-19(20)24-10-12-26(13-11-24)22(28)18-14-17(15-23-16-18)21(27)25-8-4-5-9-25/h2-3,6-7,14-16H,4-5,8-13H2,1H3. The molecular weight excluding hydrogens is 368 g/mol. The summed E-state index contributed by atoms with van der Waals surface area (Å²) in [4.78, 5) is 35.6. The number of carbonyl (C=O) groups excluding carboxylic acids is 2. The van der Waals surface area contributed by atoms with Crippen LogP contribution >= 0.6 is 0 Å². The number of methoxy groups -OCH3 is 1. The van der Waals surface area contributed by atoms with Crippen LogP contribution in [-0.2, 0) is 0 Å². The molecule has 2 fully saturated rings. The third kappa shape index (κ3) is 4.04. The Kier molecular flexibility index (Phi) is 5.64. The van der Waals surface area contributed by atoms with Crippen molar-refractivity contribution in [2.45, 2.75) is 12.8 Å². The van der Waals surface area contributed by atoms with E-state index < -0.39 is 0 Å². The van der Waals surface area contributed by atoms with Gasteiger partial charge in [-0.3, -0.25) is 14.6 Å². The first-order valence-corrected chi connectivity index (χ1v) is 10.1. The van der Waals surface area contributed by atoms with E-state index in [4.69, 9.17) is 4.74 Å². The molecule has 4 rings (SSSR count). The number of nitrogens with zero attached hydrogens (tertiary/aromatic N) is 4. The lowest BCUT2D eigenvalue weighted by molar-refractivity contribution is 0.0746. The fourth-order valence-electron chi connectivity index (χ4n) is 4.00. The van der Waals surface area contributed by atoms with Crippen LogP contribution in [0.3, 0.4) is 0 Å². The van der Waals surface area contributed by atoms with Crippen molar-refractivity contribution >= 4 is 17.5 Å². The van der Waals surface area contributed by atoms with Crippen molar-refractivity contribution in [1.82, 2.24) is 14.8 Å².